The highest BCUT2D eigenvalue weighted by Gasteiger charge is 2.19. The molecule has 5 nitrogen and oxygen atoms in total. The number of nitrogens with zero attached hydrogens (tertiary/aromatic N) is 2. The van der Waals surface area contributed by atoms with Crippen LogP contribution >= 0.6 is 11.3 Å². The predicted molar refractivity (Wildman–Crippen MR) is 99.7 cm³/mol. The second-order valence-corrected chi connectivity index (χ2v) is 8.21. The molecular formula is C18H27N3O2S. The molecule has 1 N–H and O–H groups in total. The summed E-state index contributed by atoms with van der Waals surface area (Å²) in [5.74, 6) is 1.14. The molecule has 0 aliphatic carbocycles. The number of carbonyl (C=O) groups excluding carboxylic acids is 1. The lowest BCUT2D eigenvalue weighted by atomic mass is 10.1. The van der Waals surface area contributed by atoms with Gasteiger partial charge in [0, 0.05) is 30.3 Å². The first-order valence-electron chi connectivity index (χ1n) is 8.49. The SMILES string of the molecule is Cc1sc2nc(CCC(=O)N(CC(C)C)C(C)C)[nH]c(=O)c2c1C. The summed E-state index contributed by atoms with van der Waals surface area (Å²) in [6.45, 7) is 13.0. The van der Waals surface area contributed by atoms with E-state index in [0.29, 0.717) is 30.0 Å². The number of hydrogen-bond donors (Lipinski definition) is 1. The molecule has 0 saturated heterocycles. The van der Waals surface area contributed by atoms with E-state index >= 15 is 0 Å². The first-order chi connectivity index (χ1) is 11.2. The van der Waals surface area contributed by atoms with Crippen LogP contribution in [0.2, 0.25) is 0 Å². The molecule has 0 spiro atoms. The molecule has 0 unspecified atom stereocenters. The first-order valence-corrected chi connectivity index (χ1v) is 9.30. The molecule has 0 fully saturated rings. The van der Waals surface area contributed by atoms with Crippen molar-refractivity contribution < 1.29 is 4.79 Å². The number of hydrogen-bond acceptors (Lipinski definition) is 4. The number of carbonyl (C=O) groups is 1. The Hall–Kier alpha value is -1.69. The Kier molecular flexibility index (Phi) is 5.80. The maximum atomic E-state index is 12.5. The molecule has 6 heteroatoms. The molecule has 2 aromatic rings. The van der Waals surface area contributed by atoms with Gasteiger partial charge in [-0.25, -0.2) is 4.98 Å². The van der Waals surface area contributed by atoms with Crippen molar-refractivity contribution in [1.82, 2.24) is 14.9 Å². The maximum absolute atomic E-state index is 12.5. The maximum Gasteiger partial charge on any atom is 0.259 e. The number of H-pyrrole nitrogens is 1. The zero-order valence-electron chi connectivity index (χ0n) is 15.4. The molecule has 1 amide bonds. The molecule has 0 saturated carbocycles. The second-order valence-electron chi connectivity index (χ2n) is 7.01. The number of aromatic nitrogens is 2. The zero-order chi connectivity index (χ0) is 18.0. The van der Waals surface area contributed by atoms with Crippen LogP contribution in [0.3, 0.4) is 0 Å². The minimum absolute atomic E-state index is 0.104. The summed E-state index contributed by atoms with van der Waals surface area (Å²) in [6.07, 6.45) is 0.823. The summed E-state index contributed by atoms with van der Waals surface area (Å²) in [5, 5.41) is 0.677. The Morgan fingerprint density at radius 3 is 2.50 bits per heavy atom. The van der Waals surface area contributed by atoms with Gasteiger partial charge in [-0.3, -0.25) is 9.59 Å². The van der Waals surface area contributed by atoms with Gasteiger partial charge in [0.1, 0.15) is 10.7 Å². The highest BCUT2D eigenvalue weighted by Crippen LogP contribution is 2.25. The van der Waals surface area contributed by atoms with Gasteiger partial charge in [-0.15, -0.1) is 11.3 Å². The van der Waals surface area contributed by atoms with E-state index in [1.165, 1.54) is 11.3 Å². The number of nitrogens with one attached hydrogen (secondary N) is 1. The molecule has 2 rings (SSSR count). The van der Waals surface area contributed by atoms with E-state index in [9.17, 15) is 9.59 Å². The number of amides is 1. The van der Waals surface area contributed by atoms with Gasteiger partial charge in [-0.05, 0) is 39.2 Å². The van der Waals surface area contributed by atoms with Gasteiger partial charge < -0.3 is 9.88 Å². The summed E-state index contributed by atoms with van der Waals surface area (Å²) in [4.78, 5) is 36.0. The van der Waals surface area contributed by atoms with Gasteiger partial charge >= 0.3 is 0 Å². The Bertz CT molecular complexity index is 789. The average molecular weight is 350 g/mol. The topological polar surface area (TPSA) is 66.1 Å². The molecule has 2 aromatic heterocycles. The van der Waals surface area contributed by atoms with Gasteiger partial charge in [0.25, 0.3) is 5.56 Å². The van der Waals surface area contributed by atoms with Crippen molar-refractivity contribution >= 4 is 27.5 Å². The van der Waals surface area contributed by atoms with E-state index < -0.39 is 0 Å². The van der Waals surface area contributed by atoms with Crippen molar-refractivity contribution in [3.05, 3.63) is 26.6 Å². The third-order valence-electron chi connectivity index (χ3n) is 4.17. The van der Waals surface area contributed by atoms with Crippen molar-refractivity contribution in [2.45, 2.75) is 60.4 Å². The normalized spacial score (nSPS) is 11.7. The molecule has 0 radical (unpaired) electrons. The third-order valence-corrected chi connectivity index (χ3v) is 5.27. The minimum Gasteiger partial charge on any atom is -0.340 e. The fourth-order valence-electron chi connectivity index (χ4n) is 2.78. The molecule has 2 heterocycles. The van der Waals surface area contributed by atoms with E-state index in [-0.39, 0.29) is 17.5 Å². The van der Waals surface area contributed by atoms with Crippen LogP contribution in [0.25, 0.3) is 10.2 Å². The Morgan fingerprint density at radius 2 is 1.92 bits per heavy atom. The highest BCUT2D eigenvalue weighted by atomic mass is 32.1. The van der Waals surface area contributed by atoms with Crippen LogP contribution in [0.5, 0.6) is 0 Å². The highest BCUT2D eigenvalue weighted by molar-refractivity contribution is 7.18. The summed E-state index contributed by atoms with van der Waals surface area (Å²) >= 11 is 1.53. The summed E-state index contributed by atoms with van der Waals surface area (Å²) in [7, 11) is 0. The summed E-state index contributed by atoms with van der Waals surface area (Å²) in [6, 6.07) is 0.178. The van der Waals surface area contributed by atoms with Gasteiger partial charge in [-0.2, -0.15) is 0 Å². The molecule has 0 aliphatic heterocycles. The summed E-state index contributed by atoms with van der Waals surface area (Å²) < 4.78 is 0. The molecule has 24 heavy (non-hydrogen) atoms. The van der Waals surface area contributed by atoms with Crippen LogP contribution < -0.4 is 5.56 Å². The van der Waals surface area contributed by atoms with Gasteiger partial charge in [-0.1, -0.05) is 13.8 Å². The van der Waals surface area contributed by atoms with Crippen molar-refractivity contribution in [2.24, 2.45) is 5.92 Å². The van der Waals surface area contributed by atoms with Crippen molar-refractivity contribution in [1.29, 1.82) is 0 Å². The average Bonchev–Trinajstić information content (AvgIpc) is 2.77. The predicted octanol–water partition coefficient (Wildman–Crippen LogP) is 3.43. The Balaban J connectivity index is 2.15. The van der Waals surface area contributed by atoms with Crippen LogP contribution in [0, 0.1) is 19.8 Å². The molecular weight excluding hydrogens is 322 g/mol. The zero-order valence-corrected chi connectivity index (χ0v) is 16.2. The quantitative estimate of drug-likeness (QED) is 0.869. The number of thiophene rings is 1. The third kappa shape index (κ3) is 4.04. The number of aromatic amines is 1. The van der Waals surface area contributed by atoms with E-state index in [1.54, 1.807) is 0 Å². The molecule has 132 valence electrons. The Labute approximate surface area is 147 Å². The monoisotopic (exact) mass is 349 g/mol. The largest absolute Gasteiger partial charge is 0.340 e. The van der Waals surface area contributed by atoms with Crippen molar-refractivity contribution in [3.63, 3.8) is 0 Å². The number of aryl methyl sites for hydroxylation is 3. The van der Waals surface area contributed by atoms with Crippen LogP contribution in [0.15, 0.2) is 4.79 Å². The standard InChI is InChI=1S/C18H27N3O2S/c1-10(2)9-21(11(3)4)15(22)8-7-14-19-17(23)16-12(5)13(6)24-18(16)20-14/h10-11H,7-9H2,1-6H3,(H,19,20,23). The van der Waals surface area contributed by atoms with Crippen LogP contribution in [0.4, 0.5) is 0 Å². The van der Waals surface area contributed by atoms with E-state index in [4.69, 9.17) is 0 Å². The fraction of sp³-hybridized carbons (Fsp3) is 0.611. The summed E-state index contributed by atoms with van der Waals surface area (Å²) in [5.41, 5.74) is 0.890. The van der Waals surface area contributed by atoms with E-state index in [1.807, 2.05) is 32.6 Å². The van der Waals surface area contributed by atoms with Crippen LogP contribution in [-0.2, 0) is 11.2 Å². The lowest BCUT2D eigenvalue weighted by molar-refractivity contribution is -0.133. The van der Waals surface area contributed by atoms with Crippen LogP contribution in [0.1, 0.15) is 50.4 Å². The van der Waals surface area contributed by atoms with Crippen LogP contribution in [-0.4, -0.2) is 33.4 Å². The number of fused-ring (bicyclic) bond motifs is 1. The minimum atomic E-state index is -0.104. The molecule has 0 bridgehead atoms. The lowest BCUT2D eigenvalue weighted by Gasteiger charge is -2.28. The lowest BCUT2D eigenvalue weighted by Crippen LogP contribution is -2.39. The van der Waals surface area contributed by atoms with Crippen molar-refractivity contribution in [3.8, 4) is 0 Å². The Morgan fingerprint density at radius 1 is 1.25 bits per heavy atom. The van der Waals surface area contributed by atoms with Gasteiger partial charge in [0.15, 0.2) is 0 Å². The van der Waals surface area contributed by atoms with Gasteiger partial charge in [0.05, 0.1) is 5.39 Å². The van der Waals surface area contributed by atoms with Gasteiger partial charge in [0.2, 0.25) is 5.91 Å². The van der Waals surface area contributed by atoms with E-state index in [2.05, 4.69) is 23.8 Å². The van der Waals surface area contributed by atoms with Crippen molar-refractivity contribution in [2.75, 3.05) is 6.54 Å². The van der Waals surface area contributed by atoms with E-state index in [0.717, 1.165) is 21.8 Å². The second kappa shape index (κ2) is 7.47. The molecule has 0 aliphatic rings. The smallest absolute Gasteiger partial charge is 0.259 e. The molecule has 0 aromatic carbocycles. The first kappa shape index (κ1) is 18.6. The molecule has 0 atom stereocenters. The fourth-order valence-corrected chi connectivity index (χ4v) is 3.83. The number of rotatable bonds is 6.